The number of fused-ring (bicyclic) bond motifs is 1. The van der Waals surface area contributed by atoms with Crippen LogP contribution in [-0.4, -0.2) is 43.7 Å². The minimum absolute atomic E-state index is 0.245. The van der Waals surface area contributed by atoms with Crippen molar-refractivity contribution in [2.75, 3.05) is 26.4 Å². The summed E-state index contributed by atoms with van der Waals surface area (Å²) in [6, 6.07) is 6.10. The Morgan fingerprint density at radius 1 is 1.04 bits per heavy atom. The van der Waals surface area contributed by atoms with Gasteiger partial charge in [-0.2, -0.15) is 0 Å². The maximum atomic E-state index is 14.2. The molecule has 0 aliphatic rings. The molecule has 0 aliphatic heterocycles. The van der Waals surface area contributed by atoms with E-state index in [1.54, 1.807) is 6.92 Å². The molecule has 0 amide bonds. The third-order valence-corrected chi connectivity index (χ3v) is 7.28. The molecule has 150 valence electrons. The molecular formula is C19H19F3N2O2S2. The number of halogens is 3. The minimum atomic E-state index is -4.35. The first-order chi connectivity index (χ1) is 13.1. The normalized spacial score (nSPS) is 12.2. The van der Waals surface area contributed by atoms with Gasteiger partial charge in [-0.3, -0.25) is 0 Å². The van der Waals surface area contributed by atoms with Crippen LogP contribution in [0.1, 0.15) is 5.69 Å². The van der Waals surface area contributed by atoms with Gasteiger partial charge in [0.25, 0.3) is 10.0 Å². The number of hydrogen-bond acceptors (Lipinski definition) is 4. The smallest absolute Gasteiger partial charge is 0.271 e. The van der Waals surface area contributed by atoms with E-state index in [-0.39, 0.29) is 5.52 Å². The molecular weight excluding hydrogens is 409 g/mol. The van der Waals surface area contributed by atoms with Crippen molar-refractivity contribution in [2.45, 2.75) is 16.7 Å². The zero-order valence-corrected chi connectivity index (χ0v) is 17.2. The highest BCUT2D eigenvalue weighted by atomic mass is 32.2. The fourth-order valence-corrected chi connectivity index (χ4v) is 5.89. The lowest BCUT2D eigenvalue weighted by molar-refractivity contribution is 0.437. The summed E-state index contributed by atoms with van der Waals surface area (Å²) in [6.07, 6.45) is 0. The summed E-state index contributed by atoms with van der Waals surface area (Å²) in [5.41, 5.74) is 0.600. The maximum Gasteiger partial charge on any atom is 0.271 e. The molecule has 0 saturated carbocycles. The van der Waals surface area contributed by atoms with Crippen LogP contribution in [0, 0.1) is 24.4 Å². The second-order valence-electron chi connectivity index (χ2n) is 6.57. The van der Waals surface area contributed by atoms with Crippen molar-refractivity contribution < 1.29 is 21.6 Å². The lowest BCUT2D eigenvalue weighted by atomic mass is 10.2. The lowest BCUT2D eigenvalue weighted by Gasteiger charge is -2.12. The maximum absolute atomic E-state index is 14.2. The van der Waals surface area contributed by atoms with Crippen molar-refractivity contribution in [2.24, 2.45) is 0 Å². The molecule has 3 rings (SSSR count). The Bertz CT molecular complexity index is 1140. The van der Waals surface area contributed by atoms with Gasteiger partial charge in [-0.15, -0.1) is 11.8 Å². The van der Waals surface area contributed by atoms with Gasteiger partial charge in [-0.1, -0.05) is 0 Å². The van der Waals surface area contributed by atoms with Crippen LogP contribution in [0.5, 0.6) is 0 Å². The molecule has 0 spiro atoms. The molecule has 9 heteroatoms. The summed E-state index contributed by atoms with van der Waals surface area (Å²) in [5.74, 6) is -1.88. The Hall–Kier alpha value is -1.97. The summed E-state index contributed by atoms with van der Waals surface area (Å²) >= 11 is 1.40. The van der Waals surface area contributed by atoms with E-state index in [1.165, 1.54) is 23.9 Å². The second-order valence-corrected chi connectivity index (χ2v) is 9.43. The summed E-state index contributed by atoms with van der Waals surface area (Å²) in [4.78, 5) is 1.96. The Morgan fingerprint density at radius 3 is 2.32 bits per heavy atom. The number of rotatable bonds is 6. The van der Waals surface area contributed by atoms with E-state index in [0.717, 1.165) is 28.7 Å². The molecule has 4 nitrogen and oxygen atoms in total. The van der Waals surface area contributed by atoms with Crippen LogP contribution in [-0.2, 0) is 10.0 Å². The molecule has 0 saturated heterocycles. The molecule has 2 aromatic carbocycles. The van der Waals surface area contributed by atoms with Gasteiger partial charge < -0.3 is 4.90 Å². The summed E-state index contributed by atoms with van der Waals surface area (Å²) in [7, 11) is -0.519. The quantitative estimate of drug-likeness (QED) is 0.551. The van der Waals surface area contributed by atoms with Crippen molar-refractivity contribution in [1.82, 2.24) is 8.87 Å². The Labute approximate surface area is 166 Å². The number of thioether (sulfide) groups is 1. The van der Waals surface area contributed by atoms with Gasteiger partial charge in [0.15, 0.2) is 0 Å². The van der Waals surface area contributed by atoms with Crippen molar-refractivity contribution in [3.8, 4) is 0 Å². The lowest BCUT2D eigenvalue weighted by Crippen LogP contribution is -2.16. The molecule has 0 fully saturated rings. The molecule has 0 bridgehead atoms. The summed E-state index contributed by atoms with van der Waals surface area (Å²) < 4.78 is 68.7. The minimum Gasteiger partial charge on any atom is -0.309 e. The SMILES string of the molecule is Cc1c(SCCN(C)C)c2cc(F)ccc2n1S(=O)(=O)c1ccc(F)cc1F. The van der Waals surface area contributed by atoms with Crippen molar-refractivity contribution in [3.63, 3.8) is 0 Å². The first-order valence-corrected chi connectivity index (χ1v) is 10.8. The van der Waals surface area contributed by atoms with Crippen molar-refractivity contribution >= 4 is 32.7 Å². The largest absolute Gasteiger partial charge is 0.309 e. The zero-order chi connectivity index (χ0) is 20.6. The highest BCUT2D eigenvalue weighted by Crippen LogP contribution is 2.37. The van der Waals surface area contributed by atoms with Crippen LogP contribution in [0.3, 0.4) is 0 Å². The van der Waals surface area contributed by atoms with Crippen LogP contribution in [0.15, 0.2) is 46.2 Å². The van der Waals surface area contributed by atoms with E-state index in [9.17, 15) is 21.6 Å². The molecule has 1 heterocycles. The molecule has 0 radical (unpaired) electrons. The highest BCUT2D eigenvalue weighted by Gasteiger charge is 2.28. The fourth-order valence-electron chi connectivity index (χ4n) is 2.94. The van der Waals surface area contributed by atoms with Gasteiger partial charge in [0, 0.05) is 34.3 Å². The molecule has 28 heavy (non-hydrogen) atoms. The van der Waals surface area contributed by atoms with Gasteiger partial charge >= 0.3 is 0 Å². The van der Waals surface area contributed by atoms with E-state index in [0.29, 0.717) is 27.8 Å². The van der Waals surface area contributed by atoms with Crippen LogP contribution >= 0.6 is 11.8 Å². The zero-order valence-electron chi connectivity index (χ0n) is 15.5. The molecule has 3 aromatic rings. The average Bonchev–Trinajstić information content (AvgIpc) is 2.86. The monoisotopic (exact) mass is 428 g/mol. The average molecular weight is 429 g/mol. The molecule has 0 unspecified atom stereocenters. The van der Waals surface area contributed by atoms with Gasteiger partial charge in [0.2, 0.25) is 0 Å². The third-order valence-electron chi connectivity index (χ3n) is 4.25. The van der Waals surface area contributed by atoms with E-state index in [1.807, 2.05) is 19.0 Å². The molecule has 0 atom stereocenters. The first-order valence-electron chi connectivity index (χ1n) is 8.41. The number of aromatic nitrogens is 1. The van der Waals surface area contributed by atoms with Gasteiger partial charge in [-0.25, -0.2) is 25.6 Å². The molecule has 1 aromatic heterocycles. The van der Waals surface area contributed by atoms with Crippen molar-refractivity contribution in [3.05, 3.63) is 59.5 Å². The number of hydrogen-bond donors (Lipinski definition) is 0. The van der Waals surface area contributed by atoms with E-state index < -0.39 is 32.4 Å². The van der Waals surface area contributed by atoms with Gasteiger partial charge in [0.05, 0.1) is 5.52 Å². The Morgan fingerprint density at radius 2 is 1.68 bits per heavy atom. The molecule has 0 aliphatic carbocycles. The standard InChI is InChI=1S/C19H19F3N2O2S2/c1-12-19(27-9-8-23(2)3)15-10-13(20)4-6-17(15)24(12)28(25,26)18-7-5-14(21)11-16(18)22/h4-7,10-11H,8-9H2,1-3H3. The Kier molecular flexibility index (Phi) is 5.79. The topological polar surface area (TPSA) is 42.3 Å². The van der Waals surface area contributed by atoms with E-state index in [2.05, 4.69) is 0 Å². The van der Waals surface area contributed by atoms with Crippen LogP contribution in [0.2, 0.25) is 0 Å². The number of benzene rings is 2. The van der Waals surface area contributed by atoms with Crippen LogP contribution < -0.4 is 0 Å². The van der Waals surface area contributed by atoms with Crippen molar-refractivity contribution in [1.29, 1.82) is 0 Å². The second kappa shape index (κ2) is 7.81. The fraction of sp³-hybridized carbons (Fsp3) is 0.263. The summed E-state index contributed by atoms with van der Waals surface area (Å²) in [6.45, 7) is 2.33. The van der Waals surface area contributed by atoms with Crippen LogP contribution in [0.4, 0.5) is 13.2 Å². The number of nitrogens with zero attached hydrogens (tertiary/aromatic N) is 2. The molecule has 0 N–H and O–H groups in total. The Balaban J connectivity index is 2.22. The highest BCUT2D eigenvalue weighted by molar-refractivity contribution is 7.99. The first kappa shape index (κ1) is 20.8. The van der Waals surface area contributed by atoms with E-state index >= 15 is 0 Å². The van der Waals surface area contributed by atoms with Gasteiger partial charge in [-0.05, 0) is 51.4 Å². The predicted molar refractivity (Wildman–Crippen MR) is 105 cm³/mol. The predicted octanol–water partition coefficient (Wildman–Crippen LogP) is 4.26. The van der Waals surface area contributed by atoms with E-state index in [4.69, 9.17) is 0 Å². The van der Waals surface area contributed by atoms with Crippen LogP contribution in [0.25, 0.3) is 10.9 Å². The summed E-state index contributed by atoms with van der Waals surface area (Å²) in [5, 5.41) is 0.437. The van der Waals surface area contributed by atoms with Gasteiger partial charge in [0.1, 0.15) is 22.3 Å². The third kappa shape index (κ3) is 3.78.